The molecule has 34 heavy (non-hydrogen) atoms. The number of rotatable bonds is 10. The number of amides is 1. The molecule has 1 amide bonds. The van der Waals surface area contributed by atoms with E-state index >= 15 is 0 Å². The number of para-hydroxylation sites is 2. The minimum absolute atomic E-state index is 0.129. The van der Waals surface area contributed by atoms with Crippen LogP contribution in [0.5, 0.6) is 5.75 Å². The Hall–Kier alpha value is -3.04. The second kappa shape index (κ2) is 11.4. The molecule has 3 aromatic rings. The summed E-state index contributed by atoms with van der Waals surface area (Å²) in [5, 5.41) is 15.9. The molecule has 1 atom stereocenters. The van der Waals surface area contributed by atoms with E-state index in [1.54, 1.807) is 7.11 Å². The highest BCUT2D eigenvalue weighted by Crippen LogP contribution is 2.25. The molecule has 1 saturated heterocycles. The highest BCUT2D eigenvalue weighted by molar-refractivity contribution is 7.99. The minimum Gasteiger partial charge on any atom is -0.495 e. The van der Waals surface area contributed by atoms with Crippen LogP contribution in [0.2, 0.25) is 0 Å². The number of aromatic nitrogens is 3. The molecule has 0 spiro atoms. The van der Waals surface area contributed by atoms with Crippen molar-refractivity contribution in [1.82, 2.24) is 14.8 Å². The maximum atomic E-state index is 12.6. The van der Waals surface area contributed by atoms with E-state index in [9.17, 15) is 4.79 Å². The third-order valence-corrected chi connectivity index (χ3v) is 6.70. The Morgan fingerprint density at radius 3 is 2.82 bits per heavy atom. The standard InChI is InChI=1S/C25H31N5O3S/c1-17-10-11-20(18(2)13-17)26-14-23-28-29-25(30(23)15-19-7-6-12-33-19)34-16-24(31)27-21-8-4-5-9-22(21)32-3/h4-5,8-11,13,19,26H,6-7,12,14-16H2,1-3H3,(H,27,31)/t19-/m1/s1. The average Bonchev–Trinajstić information content (AvgIpc) is 3.48. The summed E-state index contributed by atoms with van der Waals surface area (Å²) in [6.45, 7) is 6.17. The number of hydrogen-bond acceptors (Lipinski definition) is 7. The summed E-state index contributed by atoms with van der Waals surface area (Å²) in [6, 6.07) is 13.7. The van der Waals surface area contributed by atoms with E-state index in [1.807, 2.05) is 24.3 Å². The van der Waals surface area contributed by atoms with Crippen LogP contribution in [-0.2, 0) is 22.6 Å². The number of carbonyl (C=O) groups is 1. The lowest BCUT2D eigenvalue weighted by Crippen LogP contribution is -2.20. The van der Waals surface area contributed by atoms with Crippen LogP contribution in [0.15, 0.2) is 47.6 Å². The van der Waals surface area contributed by atoms with E-state index in [0.717, 1.165) is 31.0 Å². The summed E-state index contributed by atoms with van der Waals surface area (Å²) in [6.07, 6.45) is 2.21. The number of benzene rings is 2. The van der Waals surface area contributed by atoms with E-state index in [2.05, 4.69) is 57.4 Å². The smallest absolute Gasteiger partial charge is 0.234 e. The van der Waals surface area contributed by atoms with Gasteiger partial charge in [0.05, 0.1) is 37.7 Å². The molecule has 180 valence electrons. The topological polar surface area (TPSA) is 90.3 Å². The number of methoxy groups -OCH3 is 1. The first kappa shape index (κ1) is 24.1. The number of anilines is 2. The van der Waals surface area contributed by atoms with Gasteiger partial charge < -0.3 is 24.7 Å². The Morgan fingerprint density at radius 2 is 2.06 bits per heavy atom. The van der Waals surface area contributed by atoms with E-state index in [1.165, 1.54) is 22.9 Å². The largest absolute Gasteiger partial charge is 0.495 e. The van der Waals surface area contributed by atoms with Gasteiger partial charge in [0.25, 0.3) is 0 Å². The minimum atomic E-state index is -0.129. The molecule has 0 bridgehead atoms. The van der Waals surface area contributed by atoms with Crippen molar-refractivity contribution < 1.29 is 14.3 Å². The van der Waals surface area contributed by atoms with Crippen LogP contribution in [0, 0.1) is 13.8 Å². The summed E-state index contributed by atoms with van der Waals surface area (Å²) in [5.41, 5.74) is 4.14. The van der Waals surface area contributed by atoms with Gasteiger partial charge in [-0.2, -0.15) is 0 Å². The first-order chi connectivity index (χ1) is 16.5. The zero-order chi connectivity index (χ0) is 23.9. The first-order valence-corrected chi connectivity index (χ1v) is 12.4. The molecule has 0 radical (unpaired) electrons. The van der Waals surface area contributed by atoms with Gasteiger partial charge in [0.1, 0.15) is 5.75 Å². The van der Waals surface area contributed by atoms with Crippen molar-refractivity contribution in [2.45, 2.75) is 51.0 Å². The lowest BCUT2D eigenvalue weighted by atomic mass is 10.1. The van der Waals surface area contributed by atoms with Crippen LogP contribution in [0.3, 0.4) is 0 Å². The predicted molar refractivity (Wildman–Crippen MR) is 135 cm³/mol. The van der Waals surface area contributed by atoms with Crippen LogP contribution in [0.4, 0.5) is 11.4 Å². The molecular weight excluding hydrogens is 450 g/mol. The van der Waals surface area contributed by atoms with Gasteiger partial charge in [0.15, 0.2) is 11.0 Å². The lowest BCUT2D eigenvalue weighted by molar-refractivity contribution is -0.113. The van der Waals surface area contributed by atoms with Gasteiger partial charge in [0, 0.05) is 12.3 Å². The van der Waals surface area contributed by atoms with Gasteiger partial charge >= 0.3 is 0 Å². The summed E-state index contributed by atoms with van der Waals surface area (Å²) in [5.74, 6) is 1.54. The summed E-state index contributed by atoms with van der Waals surface area (Å²) < 4.78 is 13.3. The van der Waals surface area contributed by atoms with Crippen molar-refractivity contribution in [3.8, 4) is 5.75 Å². The highest BCUT2D eigenvalue weighted by atomic mass is 32.2. The third-order valence-electron chi connectivity index (χ3n) is 5.74. The third kappa shape index (κ3) is 6.09. The van der Waals surface area contributed by atoms with Crippen molar-refractivity contribution in [2.24, 2.45) is 0 Å². The normalized spacial score (nSPS) is 15.3. The first-order valence-electron chi connectivity index (χ1n) is 11.4. The number of nitrogens with one attached hydrogen (secondary N) is 2. The maximum Gasteiger partial charge on any atom is 0.234 e. The Kier molecular flexibility index (Phi) is 8.08. The summed E-state index contributed by atoms with van der Waals surface area (Å²) >= 11 is 1.37. The second-order valence-electron chi connectivity index (χ2n) is 8.35. The van der Waals surface area contributed by atoms with Gasteiger partial charge in [-0.1, -0.05) is 41.6 Å². The van der Waals surface area contributed by atoms with Crippen molar-refractivity contribution in [1.29, 1.82) is 0 Å². The van der Waals surface area contributed by atoms with E-state index in [0.29, 0.717) is 29.7 Å². The van der Waals surface area contributed by atoms with Crippen LogP contribution in [0.1, 0.15) is 29.8 Å². The van der Waals surface area contributed by atoms with Crippen molar-refractivity contribution >= 4 is 29.0 Å². The summed E-state index contributed by atoms with van der Waals surface area (Å²) in [4.78, 5) is 12.6. The zero-order valence-corrected chi connectivity index (χ0v) is 20.7. The number of nitrogens with zero attached hydrogens (tertiary/aromatic N) is 3. The Bertz CT molecular complexity index is 1130. The van der Waals surface area contributed by atoms with Crippen molar-refractivity contribution in [3.05, 3.63) is 59.4 Å². The van der Waals surface area contributed by atoms with Crippen molar-refractivity contribution in [2.75, 3.05) is 30.1 Å². The number of hydrogen-bond donors (Lipinski definition) is 2. The lowest BCUT2D eigenvalue weighted by Gasteiger charge is -2.16. The van der Waals surface area contributed by atoms with Gasteiger partial charge in [-0.25, -0.2) is 0 Å². The molecule has 1 fully saturated rings. The van der Waals surface area contributed by atoms with Crippen molar-refractivity contribution in [3.63, 3.8) is 0 Å². The average molecular weight is 482 g/mol. The fraction of sp³-hybridized carbons (Fsp3) is 0.400. The molecule has 1 aliphatic heterocycles. The highest BCUT2D eigenvalue weighted by Gasteiger charge is 2.22. The fourth-order valence-corrected chi connectivity index (χ4v) is 4.75. The predicted octanol–water partition coefficient (Wildman–Crippen LogP) is 4.43. The maximum absolute atomic E-state index is 12.6. The number of ether oxygens (including phenoxy) is 2. The Balaban J connectivity index is 1.44. The van der Waals surface area contributed by atoms with E-state index in [-0.39, 0.29) is 17.8 Å². The zero-order valence-electron chi connectivity index (χ0n) is 19.8. The van der Waals surface area contributed by atoms with Gasteiger partial charge in [-0.05, 0) is 50.5 Å². The second-order valence-corrected chi connectivity index (χ2v) is 9.30. The van der Waals surface area contributed by atoms with E-state index < -0.39 is 0 Å². The Morgan fingerprint density at radius 1 is 1.21 bits per heavy atom. The molecule has 9 heteroatoms. The molecule has 2 N–H and O–H groups in total. The molecule has 0 aliphatic carbocycles. The van der Waals surface area contributed by atoms with Crippen LogP contribution in [0.25, 0.3) is 0 Å². The number of thioether (sulfide) groups is 1. The Labute approximate surface area is 204 Å². The molecule has 1 aromatic heterocycles. The molecule has 4 rings (SSSR count). The van der Waals surface area contributed by atoms with Crippen LogP contribution >= 0.6 is 11.8 Å². The molecule has 8 nitrogen and oxygen atoms in total. The molecule has 0 saturated carbocycles. The van der Waals surface area contributed by atoms with Gasteiger partial charge in [-0.15, -0.1) is 10.2 Å². The number of carbonyl (C=O) groups excluding carboxylic acids is 1. The molecule has 2 heterocycles. The molecule has 1 aliphatic rings. The fourth-order valence-electron chi connectivity index (χ4n) is 3.98. The van der Waals surface area contributed by atoms with Crippen LogP contribution in [-0.4, -0.2) is 46.2 Å². The quantitative estimate of drug-likeness (QED) is 0.414. The monoisotopic (exact) mass is 481 g/mol. The number of aryl methyl sites for hydroxylation is 2. The van der Waals surface area contributed by atoms with Gasteiger partial charge in [-0.3, -0.25) is 4.79 Å². The molecular formula is C25H31N5O3S. The molecule has 0 unspecified atom stereocenters. The summed E-state index contributed by atoms with van der Waals surface area (Å²) in [7, 11) is 1.58. The van der Waals surface area contributed by atoms with Crippen LogP contribution < -0.4 is 15.4 Å². The molecule has 2 aromatic carbocycles. The van der Waals surface area contributed by atoms with E-state index in [4.69, 9.17) is 9.47 Å². The SMILES string of the molecule is COc1ccccc1NC(=O)CSc1nnc(CNc2ccc(C)cc2C)n1C[C@H]1CCCO1. The van der Waals surface area contributed by atoms with Gasteiger partial charge in [0.2, 0.25) is 5.91 Å².